The number of carbonyl (C=O) groups is 2. The minimum Gasteiger partial charge on any atom is -0.468 e. The fraction of sp³-hybridized carbons (Fsp3) is 0.429. The Morgan fingerprint density at radius 2 is 1.90 bits per heavy atom. The Labute approximate surface area is 117 Å². The number of carbonyl (C=O) groups excluding carboxylic acids is 2. The number of hydrogen-bond donors (Lipinski definition) is 1. The number of methoxy groups -OCH3 is 1. The number of ether oxygens (including phenoxy) is 2. The number of nitrogens with two attached hydrogens (primary N) is 1. The molecule has 0 radical (unpaired) electrons. The molecule has 2 N–H and O–H groups in total. The molecule has 0 bridgehead atoms. The zero-order chi connectivity index (χ0) is 14.5. The zero-order valence-electron chi connectivity index (χ0n) is 11.4. The van der Waals surface area contributed by atoms with E-state index in [1.807, 2.05) is 24.3 Å². The lowest BCUT2D eigenvalue weighted by Crippen LogP contribution is -2.34. The number of rotatable bonds is 4. The van der Waals surface area contributed by atoms with E-state index in [1.165, 1.54) is 7.11 Å². The van der Waals surface area contributed by atoms with Gasteiger partial charge in [-0.1, -0.05) is 24.3 Å². The number of fused-ring (bicyclic) bond motifs is 1. The van der Waals surface area contributed by atoms with Crippen LogP contribution in [0.3, 0.4) is 0 Å². The van der Waals surface area contributed by atoms with E-state index in [0.29, 0.717) is 13.1 Å². The van der Waals surface area contributed by atoms with E-state index < -0.39 is 18.1 Å². The molecule has 0 aliphatic carbocycles. The standard InChI is InChI=1S/C14H18N2O4/c1-19-13(17)12(15)6-7-20-14(18)16-8-10-4-2-3-5-11(10)9-16/h2-5,12H,6-9,15H2,1H3/t12-/m0/s1. The summed E-state index contributed by atoms with van der Waals surface area (Å²) in [7, 11) is 1.27. The van der Waals surface area contributed by atoms with Crippen LogP contribution in [0, 0.1) is 0 Å². The van der Waals surface area contributed by atoms with Gasteiger partial charge in [0.2, 0.25) is 0 Å². The molecule has 1 atom stereocenters. The highest BCUT2D eigenvalue weighted by Crippen LogP contribution is 2.22. The molecule has 1 aliphatic rings. The lowest BCUT2D eigenvalue weighted by molar-refractivity contribution is -0.142. The first-order chi connectivity index (χ1) is 9.61. The van der Waals surface area contributed by atoms with Crippen LogP contribution in [0.25, 0.3) is 0 Å². The van der Waals surface area contributed by atoms with Gasteiger partial charge in [-0.15, -0.1) is 0 Å². The van der Waals surface area contributed by atoms with E-state index in [0.717, 1.165) is 11.1 Å². The van der Waals surface area contributed by atoms with Gasteiger partial charge < -0.3 is 15.2 Å². The smallest absolute Gasteiger partial charge is 0.410 e. The molecular weight excluding hydrogens is 260 g/mol. The van der Waals surface area contributed by atoms with E-state index in [-0.39, 0.29) is 13.0 Å². The lowest BCUT2D eigenvalue weighted by atomic mass is 10.1. The largest absolute Gasteiger partial charge is 0.468 e. The van der Waals surface area contributed by atoms with Crippen LogP contribution in [0.1, 0.15) is 17.5 Å². The Bertz CT molecular complexity index is 479. The van der Waals surface area contributed by atoms with Crippen molar-refractivity contribution < 1.29 is 19.1 Å². The first-order valence-corrected chi connectivity index (χ1v) is 6.43. The molecule has 108 valence electrons. The van der Waals surface area contributed by atoms with Crippen LogP contribution in [0.2, 0.25) is 0 Å². The number of nitrogens with zero attached hydrogens (tertiary/aromatic N) is 1. The Kier molecular flexibility index (Phi) is 4.57. The van der Waals surface area contributed by atoms with Crippen LogP contribution >= 0.6 is 0 Å². The molecule has 0 spiro atoms. The number of benzene rings is 1. The topological polar surface area (TPSA) is 81.9 Å². The SMILES string of the molecule is COC(=O)[C@@H](N)CCOC(=O)N1Cc2ccccc2C1. The van der Waals surface area contributed by atoms with Crippen LogP contribution in [-0.2, 0) is 27.4 Å². The molecule has 2 rings (SSSR count). The highest BCUT2D eigenvalue weighted by Gasteiger charge is 2.24. The Hall–Kier alpha value is -2.08. The molecule has 1 aliphatic heterocycles. The van der Waals surface area contributed by atoms with Crippen molar-refractivity contribution in [3.05, 3.63) is 35.4 Å². The van der Waals surface area contributed by atoms with Crippen molar-refractivity contribution in [3.8, 4) is 0 Å². The average molecular weight is 278 g/mol. The summed E-state index contributed by atoms with van der Waals surface area (Å²) in [6.07, 6.45) is -0.141. The van der Waals surface area contributed by atoms with Gasteiger partial charge in [0.25, 0.3) is 0 Å². The molecule has 1 aromatic rings. The minimum absolute atomic E-state index is 0.0992. The van der Waals surface area contributed by atoms with Crippen molar-refractivity contribution in [1.82, 2.24) is 4.90 Å². The maximum atomic E-state index is 11.9. The summed E-state index contributed by atoms with van der Waals surface area (Å²) in [5, 5.41) is 0. The van der Waals surface area contributed by atoms with Crippen molar-refractivity contribution in [3.63, 3.8) is 0 Å². The molecule has 0 saturated heterocycles. The summed E-state index contributed by atoms with van der Waals surface area (Å²) < 4.78 is 9.62. The third kappa shape index (κ3) is 3.27. The molecule has 20 heavy (non-hydrogen) atoms. The lowest BCUT2D eigenvalue weighted by Gasteiger charge is -2.16. The van der Waals surface area contributed by atoms with Crippen molar-refractivity contribution in [2.24, 2.45) is 5.73 Å². The second kappa shape index (κ2) is 6.38. The fourth-order valence-corrected chi connectivity index (χ4v) is 2.10. The highest BCUT2D eigenvalue weighted by atomic mass is 16.6. The van der Waals surface area contributed by atoms with Crippen molar-refractivity contribution in [2.75, 3.05) is 13.7 Å². The zero-order valence-corrected chi connectivity index (χ0v) is 11.4. The minimum atomic E-state index is -0.761. The van der Waals surface area contributed by atoms with Crippen LogP contribution < -0.4 is 5.73 Å². The quantitative estimate of drug-likeness (QED) is 0.832. The molecule has 1 amide bonds. The van der Waals surface area contributed by atoms with Gasteiger partial charge in [-0.3, -0.25) is 9.69 Å². The summed E-state index contributed by atoms with van der Waals surface area (Å²) in [5.41, 5.74) is 7.83. The maximum Gasteiger partial charge on any atom is 0.410 e. The van der Waals surface area contributed by atoms with Gasteiger partial charge in [-0.25, -0.2) is 4.79 Å². The molecule has 1 heterocycles. The fourth-order valence-electron chi connectivity index (χ4n) is 2.10. The van der Waals surface area contributed by atoms with Gasteiger partial charge in [-0.2, -0.15) is 0 Å². The van der Waals surface area contributed by atoms with Gasteiger partial charge in [-0.05, 0) is 11.1 Å². The molecule has 0 unspecified atom stereocenters. The predicted octanol–water partition coefficient (Wildman–Crippen LogP) is 1.03. The number of amides is 1. The van der Waals surface area contributed by atoms with Gasteiger partial charge >= 0.3 is 12.1 Å². The predicted molar refractivity (Wildman–Crippen MR) is 71.6 cm³/mol. The summed E-state index contributed by atoms with van der Waals surface area (Å²) >= 11 is 0. The molecular formula is C14H18N2O4. The Balaban J connectivity index is 1.76. The van der Waals surface area contributed by atoms with Crippen LogP contribution in [0.4, 0.5) is 4.79 Å². The van der Waals surface area contributed by atoms with E-state index in [4.69, 9.17) is 10.5 Å². The average Bonchev–Trinajstić information content (AvgIpc) is 2.90. The van der Waals surface area contributed by atoms with Crippen molar-refractivity contribution in [1.29, 1.82) is 0 Å². The highest BCUT2D eigenvalue weighted by molar-refractivity contribution is 5.75. The van der Waals surface area contributed by atoms with Crippen molar-refractivity contribution >= 4 is 12.1 Å². The first kappa shape index (κ1) is 14.3. The summed E-state index contributed by atoms with van der Waals surface area (Å²) in [6.45, 7) is 1.21. The third-order valence-electron chi connectivity index (χ3n) is 3.26. The molecule has 0 fully saturated rings. The van der Waals surface area contributed by atoms with Gasteiger partial charge in [0.1, 0.15) is 6.04 Å². The monoisotopic (exact) mass is 278 g/mol. The second-order valence-corrected chi connectivity index (χ2v) is 4.66. The second-order valence-electron chi connectivity index (χ2n) is 4.66. The van der Waals surface area contributed by atoms with E-state index in [2.05, 4.69) is 4.74 Å². The molecule has 0 aromatic heterocycles. The van der Waals surface area contributed by atoms with Gasteiger partial charge in [0.05, 0.1) is 13.7 Å². The Morgan fingerprint density at radius 3 is 2.45 bits per heavy atom. The van der Waals surface area contributed by atoms with E-state index in [9.17, 15) is 9.59 Å². The number of esters is 1. The van der Waals surface area contributed by atoms with Crippen LogP contribution in [0.15, 0.2) is 24.3 Å². The normalized spacial score (nSPS) is 14.6. The molecule has 1 aromatic carbocycles. The summed E-state index contributed by atoms with van der Waals surface area (Å²) in [6, 6.07) is 7.13. The first-order valence-electron chi connectivity index (χ1n) is 6.43. The van der Waals surface area contributed by atoms with E-state index in [1.54, 1.807) is 4.90 Å². The Morgan fingerprint density at radius 1 is 1.30 bits per heavy atom. The summed E-state index contributed by atoms with van der Waals surface area (Å²) in [5.74, 6) is -0.505. The van der Waals surface area contributed by atoms with Gasteiger partial charge in [0, 0.05) is 19.5 Å². The van der Waals surface area contributed by atoms with Gasteiger partial charge in [0.15, 0.2) is 0 Å². The van der Waals surface area contributed by atoms with Crippen LogP contribution in [0.5, 0.6) is 0 Å². The van der Waals surface area contributed by atoms with Crippen LogP contribution in [-0.4, -0.2) is 36.7 Å². The molecule has 6 heteroatoms. The molecule has 6 nitrogen and oxygen atoms in total. The van der Waals surface area contributed by atoms with Crippen molar-refractivity contribution in [2.45, 2.75) is 25.6 Å². The number of hydrogen-bond acceptors (Lipinski definition) is 5. The molecule has 0 saturated carbocycles. The summed E-state index contributed by atoms with van der Waals surface area (Å²) in [4.78, 5) is 24.6. The third-order valence-corrected chi connectivity index (χ3v) is 3.26. The van der Waals surface area contributed by atoms with E-state index >= 15 is 0 Å². The maximum absolute atomic E-state index is 11.9.